The van der Waals surface area contributed by atoms with Crippen LogP contribution in [-0.4, -0.2) is 16.1 Å². The Kier molecular flexibility index (Phi) is 4.20. The van der Waals surface area contributed by atoms with E-state index in [1.54, 1.807) is 18.2 Å². The number of carbonyl (C=O) groups is 1. The van der Waals surface area contributed by atoms with Crippen molar-refractivity contribution >= 4 is 17.3 Å². The topological polar surface area (TPSA) is 71.5 Å². The van der Waals surface area contributed by atoms with Crippen molar-refractivity contribution in [3.63, 3.8) is 0 Å². The molecule has 0 atom stereocenters. The molecule has 5 nitrogen and oxygen atoms in total. The van der Waals surface area contributed by atoms with Gasteiger partial charge in [-0.2, -0.15) is 0 Å². The molecule has 1 heterocycles. The zero-order chi connectivity index (χ0) is 16.1. The number of rotatable bonds is 5. The van der Waals surface area contributed by atoms with E-state index in [2.05, 4.69) is 10.3 Å². The summed E-state index contributed by atoms with van der Waals surface area (Å²) in [5.74, 6) is -0.482. The minimum Gasteiger partial charge on any atom is -0.477 e. The Morgan fingerprint density at radius 1 is 0.913 bits per heavy atom. The van der Waals surface area contributed by atoms with Gasteiger partial charge in [0.2, 0.25) is 5.88 Å². The van der Waals surface area contributed by atoms with E-state index >= 15 is 0 Å². The first kappa shape index (κ1) is 14.6. The van der Waals surface area contributed by atoms with Gasteiger partial charge in [-0.1, -0.05) is 18.2 Å². The van der Waals surface area contributed by atoms with E-state index in [1.165, 1.54) is 12.3 Å². The lowest BCUT2D eigenvalue weighted by Crippen LogP contribution is -2.01. The molecule has 23 heavy (non-hydrogen) atoms. The first-order chi connectivity index (χ1) is 11.2. The summed E-state index contributed by atoms with van der Waals surface area (Å²) in [7, 11) is 0. The second kappa shape index (κ2) is 6.62. The predicted molar refractivity (Wildman–Crippen MR) is 87.4 cm³/mol. The number of ether oxygens (including phenoxy) is 1. The first-order valence-electron chi connectivity index (χ1n) is 7.01. The normalized spacial score (nSPS) is 10.1. The van der Waals surface area contributed by atoms with Crippen molar-refractivity contribution < 1.29 is 14.6 Å². The molecule has 2 aromatic carbocycles. The van der Waals surface area contributed by atoms with Crippen LogP contribution in [0.3, 0.4) is 0 Å². The number of nitrogens with one attached hydrogen (secondary N) is 1. The molecule has 114 valence electrons. The third kappa shape index (κ3) is 3.65. The number of hydrogen-bond acceptors (Lipinski definition) is 4. The molecule has 0 saturated carbocycles. The maximum Gasteiger partial charge on any atom is 0.341 e. The quantitative estimate of drug-likeness (QED) is 0.734. The Hall–Kier alpha value is -3.34. The number of aromatic nitrogens is 1. The van der Waals surface area contributed by atoms with Gasteiger partial charge in [0.15, 0.2) is 0 Å². The fraction of sp³-hybridized carbons (Fsp3) is 0. The van der Waals surface area contributed by atoms with Gasteiger partial charge >= 0.3 is 5.97 Å². The van der Waals surface area contributed by atoms with Crippen molar-refractivity contribution in [1.82, 2.24) is 4.98 Å². The lowest BCUT2D eigenvalue weighted by molar-refractivity contribution is 0.0693. The highest BCUT2D eigenvalue weighted by atomic mass is 16.5. The first-order valence-corrected chi connectivity index (χ1v) is 7.01. The van der Waals surface area contributed by atoms with Gasteiger partial charge in [0.25, 0.3) is 0 Å². The lowest BCUT2D eigenvalue weighted by atomic mass is 10.2. The number of carboxylic acids is 1. The highest BCUT2D eigenvalue weighted by molar-refractivity contribution is 5.90. The Labute approximate surface area is 133 Å². The number of carboxylic acid groups (broad SMARTS) is 1. The van der Waals surface area contributed by atoms with Crippen molar-refractivity contribution in [2.24, 2.45) is 0 Å². The largest absolute Gasteiger partial charge is 0.477 e. The summed E-state index contributed by atoms with van der Waals surface area (Å²) < 4.78 is 5.56. The van der Waals surface area contributed by atoms with Crippen molar-refractivity contribution in [3.05, 3.63) is 78.5 Å². The minimum atomic E-state index is -1.07. The maximum atomic E-state index is 11.1. The van der Waals surface area contributed by atoms with Crippen molar-refractivity contribution in [2.75, 3.05) is 5.32 Å². The highest BCUT2D eigenvalue weighted by Crippen LogP contribution is 2.25. The molecule has 0 aliphatic rings. The molecule has 0 spiro atoms. The van der Waals surface area contributed by atoms with Crippen LogP contribution < -0.4 is 10.1 Å². The molecule has 0 aliphatic heterocycles. The molecule has 0 bridgehead atoms. The second-order valence-electron chi connectivity index (χ2n) is 4.78. The molecular weight excluding hydrogens is 292 g/mol. The van der Waals surface area contributed by atoms with E-state index in [9.17, 15) is 4.79 Å². The van der Waals surface area contributed by atoms with Gasteiger partial charge in [-0.05, 0) is 48.5 Å². The molecule has 0 radical (unpaired) electrons. The van der Waals surface area contributed by atoms with Crippen LogP contribution >= 0.6 is 0 Å². The molecule has 0 fully saturated rings. The van der Waals surface area contributed by atoms with E-state index in [-0.39, 0.29) is 11.4 Å². The van der Waals surface area contributed by atoms with E-state index in [1.807, 2.05) is 42.5 Å². The number of anilines is 2. The van der Waals surface area contributed by atoms with E-state index in [0.717, 1.165) is 11.4 Å². The summed E-state index contributed by atoms with van der Waals surface area (Å²) in [5, 5.41) is 12.4. The summed E-state index contributed by atoms with van der Waals surface area (Å²) in [4.78, 5) is 15.1. The molecular formula is C18H14N2O3. The molecule has 3 aromatic rings. The van der Waals surface area contributed by atoms with Crippen molar-refractivity contribution in [1.29, 1.82) is 0 Å². The van der Waals surface area contributed by atoms with E-state index in [0.29, 0.717) is 5.75 Å². The molecule has 1 aromatic heterocycles. The molecule has 0 aliphatic carbocycles. The number of aromatic carboxylic acids is 1. The van der Waals surface area contributed by atoms with Gasteiger partial charge < -0.3 is 15.2 Å². The summed E-state index contributed by atoms with van der Waals surface area (Å²) in [6.45, 7) is 0. The van der Waals surface area contributed by atoms with Gasteiger partial charge in [0.05, 0.1) is 0 Å². The lowest BCUT2D eigenvalue weighted by Gasteiger charge is -2.09. The van der Waals surface area contributed by atoms with Crippen LogP contribution in [0.2, 0.25) is 0 Å². The zero-order valence-corrected chi connectivity index (χ0v) is 12.1. The van der Waals surface area contributed by atoms with Crippen LogP contribution in [0.5, 0.6) is 11.6 Å². The van der Waals surface area contributed by atoms with Crippen LogP contribution in [0.1, 0.15) is 10.4 Å². The van der Waals surface area contributed by atoms with Crippen LogP contribution in [-0.2, 0) is 0 Å². The molecule has 0 unspecified atom stereocenters. The van der Waals surface area contributed by atoms with Gasteiger partial charge in [-0.15, -0.1) is 0 Å². The molecule has 5 heteroatoms. The fourth-order valence-corrected chi connectivity index (χ4v) is 2.04. The average molecular weight is 306 g/mol. The number of pyridine rings is 1. The number of hydrogen-bond donors (Lipinski definition) is 2. The van der Waals surface area contributed by atoms with Crippen LogP contribution in [0.25, 0.3) is 0 Å². The summed E-state index contributed by atoms with van der Waals surface area (Å²) in [5.41, 5.74) is 1.92. The third-order valence-electron chi connectivity index (χ3n) is 3.13. The number of para-hydroxylation sites is 1. The van der Waals surface area contributed by atoms with Crippen LogP contribution in [0, 0.1) is 0 Å². The maximum absolute atomic E-state index is 11.1. The Morgan fingerprint density at radius 3 is 2.30 bits per heavy atom. The number of nitrogens with zero attached hydrogens (tertiary/aromatic N) is 1. The van der Waals surface area contributed by atoms with Crippen molar-refractivity contribution in [2.45, 2.75) is 0 Å². The molecule has 3 rings (SSSR count). The van der Waals surface area contributed by atoms with Gasteiger partial charge in [0, 0.05) is 17.6 Å². The Balaban J connectivity index is 1.74. The van der Waals surface area contributed by atoms with Crippen LogP contribution in [0.15, 0.2) is 72.9 Å². The van der Waals surface area contributed by atoms with Crippen LogP contribution in [0.4, 0.5) is 11.4 Å². The summed E-state index contributed by atoms with van der Waals surface area (Å²) >= 11 is 0. The highest BCUT2D eigenvalue weighted by Gasteiger charge is 2.12. The van der Waals surface area contributed by atoms with Gasteiger partial charge in [0.1, 0.15) is 11.3 Å². The molecule has 2 N–H and O–H groups in total. The fourth-order valence-electron chi connectivity index (χ4n) is 2.04. The second-order valence-corrected chi connectivity index (χ2v) is 4.78. The summed E-state index contributed by atoms with van der Waals surface area (Å²) in [6.07, 6.45) is 1.49. The monoisotopic (exact) mass is 306 g/mol. The minimum absolute atomic E-state index is 0.0268. The van der Waals surface area contributed by atoms with E-state index < -0.39 is 5.97 Å². The summed E-state index contributed by atoms with van der Waals surface area (Å²) in [6, 6.07) is 20.0. The zero-order valence-electron chi connectivity index (χ0n) is 12.1. The molecule has 0 amide bonds. The molecule has 0 saturated heterocycles. The van der Waals surface area contributed by atoms with Gasteiger partial charge in [-0.25, -0.2) is 9.78 Å². The average Bonchev–Trinajstić information content (AvgIpc) is 2.58. The Bertz CT molecular complexity index is 802. The third-order valence-corrected chi connectivity index (χ3v) is 3.13. The Morgan fingerprint density at radius 2 is 1.61 bits per heavy atom. The van der Waals surface area contributed by atoms with E-state index in [4.69, 9.17) is 9.84 Å². The number of benzene rings is 2. The van der Waals surface area contributed by atoms with Crippen molar-refractivity contribution in [3.8, 4) is 11.6 Å². The predicted octanol–water partition coefficient (Wildman–Crippen LogP) is 4.32. The standard InChI is InChI=1S/C18H14N2O3/c21-18(22)16-7-4-12-19-17(16)23-15-10-8-14(9-11-15)20-13-5-2-1-3-6-13/h1-12,20H,(H,21,22). The smallest absolute Gasteiger partial charge is 0.341 e. The SMILES string of the molecule is O=C(O)c1cccnc1Oc1ccc(Nc2ccccc2)cc1. The van der Waals surface area contributed by atoms with Gasteiger partial charge in [-0.3, -0.25) is 0 Å².